The van der Waals surface area contributed by atoms with Crippen molar-refractivity contribution < 1.29 is 9.53 Å². The van der Waals surface area contributed by atoms with E-state index in [2.05, 4.69) is 24.3 Å². The third kappa shape index (κ3) is 10.2. The van der Waals surface area contributed by atoms with Crippen LogP contribution in [0.4, 0.5) is 0 Å². The van der Waals surface area contributed by atoms with Crippen LogP contribution < -0.4 is 0 Å². The van der Waals surface area contributed by atoms with E-state index in [1.54, 1.807) is 0 Å². The maximum atomic E-state index is 12.3. The van der Waals surface area contributed by atoms with Crippen LogP contribution in [-0.2, 0) is 9.53 Å². The molecule has 0 atom stereocenters. The number of rotatable bonds is 14. The number of hydrogen-bond donors (Lipinski definition) is 0. The van der Waals surface area contributed by atoms with Crippen molar-refractivity contribution in [2.24, 2.45) is 5.41 Å². The largest absolute Gasteiger partial charge is 0.497 e. The molecule has 1 aliphatic carbocycles. The van der Waals surface area contributed by atoms with Crippen molar-refractivity contribution in [2.75, 3.05) is 12.5 Å². The van der Waals surface area contributed by atoms with E-state index >= 15 is 0 Å². The molecule has 0 heterocycles. The van der Waals surface area contributed by atoms with Crippen molar-refractivity contribution >= 4 is 17.4 Å². The summed E-state index contributed by atoms with van der Waals surface area (Å²) in [5.41, 5.74) is 0.591. The van der Waals surface area contributed by atoms with Crippen LogP contribution >= 0.6 is 11.6 Å². The fourth-order valence-electron chi connectivity index (χ4n) is 3.34. The van der Waals surface area contributed by atoms with Crippen molar-refractivity contribution in [2.45, 2.75) is 91.4 Å². The van der Waals surface area contributed by atoms with E-state index < -0.39 is 0 Å². The molecular weight excluding hydrogens is 356 g/mol. The fraction of sp³-hybridized carbons (Fsp3) is 0.708. The van der Waals surface area contributed by atoms with Gasteiger partial charge in [-0.3, -0.25) is 4.79 Å². The van der Waals surface area contributed by atoms with Gasteiger partial charge in [0.1, 0.15) is 5.76 Å². The SMILES string of the molecule is CC1=C(OCC/C=C/CC/C=C/CCCCCCCCl)CCC(C)(C)C1=O. The first-order valence-corrected chi connectivity index (χ1v) is 11.3. The molecule has 0 radical (unpaired) electrons. The molecule has 1 aliphatic rings. The molecular formula is C24H39ClO2. The summed E-state index contributed by atoms with van der Waals surface area (Å²) >= 11 is 5.67. The Balaban J connectivity index is 2.03. The number of carbonyl (C=O) groups excluding carboxylic acids is 1. The van der Waals surface area contributed by atoms with Crippen molar-refractivity contribution in [1.29, 1.82) is 0 Å². The number of hydrogen-bond acceptors (Lipinski definition) is 2. The molecule has 3 heteroatoms. The van der Waals surface area contributed by atoms with E-state index in [1.807, 2.05) is 20.8 Å². The standard InChI is InChI=1S/C24H39ClO2/c1-21-22(17-18-24(2,3)23(21)26)27-20-16-14-12-10-8-6-4-5-7-9-11-13-15-19-25/h4,6,12,14H,5,7-11,13,15-20H2,1-3H3/b6-4+,14-12+. The van der Waals surface area contributed by atoms with Gasteiger partial charge in [-0.1, -0.05) is 57.4 Å². The highest BCUT2D eigenvalue weighted by atomic mass is 35.5. The lowest BCUT2D eigenvalue weighted by Gasteiger charge is -2.30. The molecule has 0 saturated carbocycles. The average molecular weight is 395 g/mol. The summed E-state index contributed by atoms with van der Waals surface area (Å²) in [6, 6.07) is 0. The number of halogens is 1. The quantitative estimate of drug-likeness (QED) is 0.173. The Labute approximate surface area is 172 Å². The van der Waals surface area contributed by atoms with Gasteiger partial charge < -0.3 is 4.74 Å². The molecule has 0 aliphatic heterocycles. The van der Waals surface area contributed by atoms with Gasteiger partial charge in [-0.2, -0.15) is 0 Å². The van der Waals surface area contributed by atoms with E-state index in [1.165, 1.54) is 32.1 Å². The lowest BCUT2D eigenvalue weighted by Crippen LogP contribution is -2.30. The molecule has 0 fully saturated rings. The fourth-order valence-corrected chi connectivity index (χ4v) is 3.53. The Morgan fingerprint density at radius 3 is 2.22 bits per heavy atom. The highest BCUT2D eigenvalue weighted by Crippen LogP contribution is 2.35. The van der Waals surface area contributed by atoms with Crippen LogP contribution in [0, 0.1) is 5.41 Å². The van der Waals surface area contributed by atoms with Gasteiger partial charge >= 0.3 is 0 Å². The van der Waals surface area contributed by atoms with Crippen molar-refractivity contribution in [3.63, 3.8) is 0 Å². The highest BCUT2D eigenvalue weighted by molar-refractivity contribution is 6.17. The van der Waals surface area contributed by atoms with Gasteiger partial charge in [0.25, 0.3) is 0 Å². The maximum Gasteiger partial charge on any atom is 0.167 e. The predicted octanol–water partition coefficient (Wildman–Crippen LogP) is 7.53. The van der Waals surface area contributed by atoms with Gasteiger partial charge in [0.05, 0.1) is 6.61 Å². The summed E-state index contributed by atoms with van der Waals surface area (Å²) in [5.74, 6) is 1.94. The number of alkyl halides is 1. The minimum absolute atomic E-state index is 0.228. The van der Waals surface area contributed by atoms with E-state index in [9.17, 15) is 4.79 Å². The molecule has 2 nitrogen and oxygen atoms in total. The summed E-state index contributed by atoms with van der Waals surface area (Å²) in [5, 5.41) is 0. The first-order valence-electron chi connectivity index (χ1n) is 10.7. The molecule has 0 aromatic carbocycles. The monoisotopic (exact) mass is 394 g/mol. The van der Waals surface area contributed by atoms with E-state index in [0.29, 0.717) is 6.61 Å². The maximum absolute atomic E-state index is 12.3. The second kappa shape index (κ2) is 14.0. The Morgan fingerprint density at radius 1 is 0.926 bits per heavy atom. The van der Waals surface area contributed by atoms with Gasteiger partial charge in [0, 0.05) is 23.3 Å². The molecule has 0 N–H and O–H groups in total. The number of Topliss-reactive ketones (excluding diaryl/α,β-unsaturated/α-hetero) is 1. The van der Waals surface area contributed by atoms with Gasteiger partial charge in [-0.15, -0.1) is 11.6 Å². The van der Waals surface area contributed by atoms with Crippen LogP contribution in [0.25, 0.3) is 0 Å². The minimum atomic E-state index is -0.228. The normalized spacial score (nSPS) is 17.4. The van der Waals surface area contributed by atoms with Crippen LogP contribution in [0.2, 0.25) is 0 Å². The smallest absolute Gasteiger partial charge is 0.167 e. The summed E-state index contributed by atoms with van der Waals surface area (Å²) in [6.07, 6.45) is 21.4. The van der Waals surface area contributed by atoms with Gasteiger partial charge in [0.15, 0.2) is 5.78 Å². The molecule has 0 saturated heterocycles. The zero-order chi connectivity index (χ0) is 20.0. The second-order valence-electron chi connectivity index (χ2n) is 8.16. The third-order valence-corrected chi connectivity index (χ3v) is 5.52. The second-order valence-corrected chi connectivity index (χ2v) is 8.54. The molecule has 0 bridgehead atoms. The Hall–Kier alpha value is -1.02. The van der Waals surface area contributed by atoms with Crippen LogP contribution in [0.3, 0.4) is 0 Å². The summed E-state index contributed by atoms with van der Waals surface area (Å²) < 4.78 is 5.85. The number of allylic oxidation sites excluding steroid dienone is 5. The predicted molar refractivity (Wildman–Crippen MR) is 117 cm³/mol. The minimum Gasteiger partial charge on any atom is -0.497 e. The molecule has 27 heavy (non-hydrogen) atoms. The van der Waals surface area contributed by atoms with Crippen LogP contribution in [-0.4, -0.2) is 18.3 Å². The summed E-state index contributed by atoms with van der Waals surface area (Å²) in [7, 11) is 0. The molecule has 1 rings (SSSR count). The Morgan fingerprint density at radius 2 is 1.52 bits per heavy atom. The number of ether oxygens (including phenoxy) is 1. The Bertz CT molecular complexity index is 514. The van der Waals surface area contributed by atoms with E-state index in [0.717, 1.165) is 55.7 Å². The van der Waals surface area contributed by atoms with Gasteiger partial charge in [-0.05, 0) is 51.9 Å². The Kier molecular flexibility index (Phi) is 12.5. The zero-order valence-corrected chi connectivity index (χ0v) is 18.5. The van der Waals surface area contributed by atoms with Crippen LogP contribution in [0.5, 0.6) is 0 Å². The number of unbranched alkanes of at least 4 members (excludes halogenated alkanes) is 6. The average Bonchev–Trinajstić information content (AvgIpc) is 2.65. The van der Waals surface area contributed by atoms with Crippen LogP contribution in [0.1, 0.15) is 91.4 Å². The van der Waals surface area contributed by atoms with Crippen LogP contribution in [0.15, 0.2) is 35.6 Å². The highest BCUT2D eigenvalue weighted by Gasteiger charge is 2.34. The van der Waals surface area contributed by atoms with Gasteiger partial charge in [0.2, 0.25) is 0 Å². The van der Waals surface area contributed by atoms with Crippen molar-refractivity contribution in [3.05, 3.63) is 35.6 Å². The number of carbonyl (C=O) groups is 1. The lowest BCUT2D eigenvalue weighted by molar-refractivity contribution is -0.124. The summed E-state index contributed by atoms with van der Waals surface area (Å²) in [4.78, 5) is 12.3. The van der Waals surface area contributed by atoms with Crippen molar-refractivity contribution in [1.82, 2.24) is 0 Å². The molecule has 0 aromatic heterocycles. The molecule has 0 spiro atoms. The summed E-state index contributed by atoms with van der Waals surface area (Å²) in [6.45, 7) is 6.61. The molecule has 0 aromatic rings. The third-order valence-electron chi connectivity index (χ3n) is 5.25. The zero-order valence-electron chi connectivity index (χ0n) is 17.7. The van der Waals surface area contributed by atoms with Crippen molar-refractivity contribution in [3.8, 4) is 0 Å². The number of ketones is 1. The molecule has 154 valence electrons. The van der Waals surface area contributed by atoms with E-state index in [4.69, 9.17) is 16.3 Å². The molecule has 0 amide bonds. The first kappa shape index (κ1) is 24.0. The van der Waals surface area contributed by atoms with Gasteiger partial charge in [-0.25, -0.2) is 0 Å². The first-order chi connectivity index (χ1) is 13.0. The van der Waals surface area contributed by atoms with E-state index in [-0.39, 0.29) is 11.2 Å². The lowest BCUT2D eigenvalue weighted by atomic mass is 9.76. The molecule has 0 unspecified atom stereocenters. The topological polar surface area (TPSA) is 26.3 Å².